The fraction of sp³-hybridized carbons (Fsp3) is 0.536. The molecular weight excluding hydrogens is 350 g/mol. The van der Waals surface area contributed by atoms with Crippen molar-refractivity contribution in [3.05, 3.63) is 54.1 Å². The summed E-state index contributed by atoms with van der Waals surface area (Å²) < 4.78 is 0. The Labute approximate surface area is 177 Å². The van der Waals surface area contributed by atoms with E-state index in [1.165, 1.54) is 106 Å². The highest BCUT2D eigenvalue weighted by molar-refractivity contribution is 5.94. The molecule has 0 radical (unpaired) electrons. The fourth-order valence-electron chi connectivity index (χ4n) is 4.41. The molecule has 0 saturated carbocycles. The molecular formula is C28H39N. The summed E-state index contributed by atoms with van der Waals surface area (Å²) in [6.45, 7) is 2.29. The molecule has 0 aliphatic carbocycles. The third-order valence-electron chi connectivity index (χ3n) is 6.20. The van der Waals surface area contributed by atoms with Gasteiger partial charge in [0.2, 0.25) is 0 Å². The van der Waals surface area contributed by atoms with Crippen LogP contribution in [0.4, 0.5) is 0 Å². The van der Waals surface area contributed by atoms with Crippen LogP contribution in [0, 0.1) is 0 Å². The van der Waals surface area contributed by atoms with Gasteiger partial charge in [-0.05, 0) is 36.6 Å². The summed E-state index contributed by atoms with van der Waals surface area (Å²) in [5.74, 6) is 0. The van der Waals surface area contributed by atoms with Crippen molar-refractivity contribution in [2.75, 3.05) is 0 Å². The second kappa shape index (κ2) is 12.6. The molecule has 1 heterocycles. The van der Waals surface area contributed by atoms with Gasteiger partial charge < -0.3 is 0 Å². The van der Waals surface area contributed by atoms with E-state index in [-0.39, 0.29) is 0 Å². The first-order valence-corrected chi connectivity index (χ1v) is 12.2. The molecule has 0 aliphatic heterocycles. The Morgan fingerprint density at radius 2 is 1.17 bits per heavy atom. The molecule has 156 valence electrons. The molecule has 1 aromatic heterocycles. The number of rotatable bonds is 14. The lowest BCUT2D eigenvalue weighted by Crippen LogP contribution is -1.91. The smallest absolute Gasteiger partial charge is 0.0712 e. The molecule has 1 nitrogen and oxygen atoms in total. The summed E-state index contributed by atoms with van der Waals surface area (Å²) in [4.78, 5) is 4.85. The van der Waals surface area contributed by atoms with Crippen LogP contribution in [0.2, 0.25) is 0 Å². The van der Waals surface area contributed by atoms with Gasteiger partial charge in [0.15, 0.2) is 0 Å². The molecule has 0 amide bonds. The van der Waals surface area contributed by atoms with E-state index in [2.05, 4.69) is 55.5 Å². The number of pyridine rings is 1. The van der Waals surface area contributed by atoms with Crippen molar-refractivity contribution >= 4 is 21.8 Å². The SMILES string of the molecule is CCCCCCCCCCCCCCCc1cccc2nc3ccccc3cc12. The van der Waals surface area contributed by atoms with Crippen LogP contribution in [0.25, 0.3) is 21.8 Å². The van der Waals surface area contributed by atoms with Gasteiger partial charge in [0.25, 0.3) is 0 Å². The maximum Gasteiger partial charge on any atom is 0.0712 e. The van der Waals surface area contributed by atoms with Crippen LogP contribution in [0.5, 0.6) is 0 Å². The number of para-hydroxylation sites is 1. The number of hydrogen-bond acceptors (Lipinski definition) is 1. The molecule has 0 fully saturated rings. The van der Waals surface area contributed by atoms with Crippen molar-refractivity contribution in [2.24, 2.45) is 0 Å². The van der Waals surface area contributed by atoms with Crippen LogP contribution in [-0.2, 0) is 6.42 Å². The van der Waals surface area contributed by atoms with Crippen molar-refractivity contribution in [1.82, 2.24) is 4.98 Å². The molecule has 3 aromatic rings. The van der Waals surface area contributed by atoms with Gasteiger partial charge in [-0.25, -0.2) is 4.98 Å². The zero-order valence-electron chi connectivity index (χ0n) is 18.5. The molecule has 2 aromatic carbocycles. The first-order chi connectivity index (χ1) is 14.4. The molecule has 0 N–H and O–H groups in total. The Hall–Kier alpha value is -1.89. The summed E-state index contributed by atoms with van der Waals surface area (Å²) >= 11 is 0. The predicted molar refractivity (Wildman–Crippen MR) is 129 cm³/mol. The second-order valence-corrected chi connectivity index (χ2v) is 8.66. The van der Waals surface area contributed by atoms with Crippen molar-refractivity contribution in [3.8, 4) is 0 Å². The number of aryl methyl sites for hydroxylation is 1. The van der Waals surface area contributed by atoms with E-state index in [9.17, 15) is 0 Å². The quantitative estimate of drug-likeness (QED) is 0.198. The van der Waals surface area contributed by atoms with Crippen LogP contribution in [0.15, 0.2) is 48.5 Å². The minimum atomic E-state index is 1.10. The van der Waals surface area contributed by atoms with Crippen molar-refractivity contribution in [2.45, 2.75) is 96.8 Å². The van der Waals surface area contributed by atoms with Crippen LogP contribution < -0.4 is 0 Å². The Bertz CT molecular complexity index is 851. The van der Waals surface area contributed by atoms with Gasteiger partial charge in [-0.15, -0.1) is 0 Å². The average molecular weight is 390 g/mol. The fourth-order valence-corrected chi connectivity index (χ4v) is 4.41. The second-order valence-electron chi connectivity index (χ2n) is 8.66. The van der Waals surface area contributed by atoms with Crippen molar-refractivity contribution in [3.63, 3.8) is 0 Å². The van der Waals surface area contributed by atoms with E-state index in [0.717, 1.165) is 11.0 Å². The molecule has 0 bridgehead atoms. The monoisotopic (exact) mass is 389 g/mol. The third-order valence-corrected chi connectivity index (χ3v) is 6.20. The zero-order chi connectivity index (χ0) is 20.2. The van der Waals surface area contributed by atoms with Crippen LogP contribution in [0.1, 0.15) is 96.0 Å². The standard InChI is InChI=1S/C28H39N/c1-2-3-4-5-6-7-8-9-10-11-12-13-14-18-24-20-17-22-28-26(24)23-25-19-15-16-21-27(25)29-28/h15-17,19-23H,2-14,18H2,1H3. The number of fused-ring (bicyclic) bond motifs is 2. The first-order valence-electron chi connectivity index (χ1n) is 12.2. The minimum Gasteiger partial charge on any atom is -0.248 e. The average Bonchev–Trinajstić information content (AvgIpc) is 2.75. The maximum absolute atomic E-state index is 4.85. The lowest BCUT2D eigenvalue weighted by Gasteiger charge is -2.08. The summed E-state index contributed by atoms with van der Waals surface area (Å²) in [7, 11) is 0. The highest BCUT2D eigenvalue weighted by atomic mass is 14.7. The van der Waals surface area contributed by atoms with Crippen LogP contribution >= 0.6 is 0 Å². The highest BCUT2D eigenvalue weighted by Crippen LogP contribution is 2.24. The molecule has 0 spiro atoms. The largest absolute Gasteiger partial charge is 0.248 e. The normalized spacial score (nSPS) is 11.5. The van der Waals surface area contributed by atoms with Gasteiger partial charge in [-0.3, -0.25) is 0 Å². The number of unbranched alkanes of at least 4 members (excludes halogenated alkanes) is 12. The minimum absolute atomic E-state index is 1.10. The third kappa shape index (κ3) is 7.14. The van der Waals surface area contributed by atoms with Gasteiger partial charge in [0.05, 0.1) is 11.0 Å². The van der Waals surface area contributed by atoms with E-state index in [1.807, 2.05) is 0 Å². The number of benzene rings is 2. The van der Waals surface area contributed by atoms with Crippen molar-refractivity contribution in [1.29, 1.82) is 0 Å². The number of hydrogen-bond donors (Lipinski definition) is 0. The van der Waals surface area contributed by atoms with E-state index in [1.54, 1.807) is 0 Å². The Morgan fingerprint density at radius 1 is 0.586 bits per heavy atom. The molecule has 0 unspecified atom stereocenters. The molecule has 29 heavy (non-hydrogen) atoms. The van der Waals surface area contributed by atoms with Crippen LogP contribution in [0.3, 0.4) is 0 Å². The van der Waals surface area contributed by atoms with E-state index >= 15 is 0 Å². The molecule has 0 atom stereocenters. The maximum atomic E-state index is 4.85. The number of aromatic nitrogens is 1. The van der Waals surface area contributed by atoms with Crippen molar-refractivity contribution < 1.29 is 0 Å². The van der Waals surface area contributed by atoms with E-state index in [4.69, 9.17) is 4.98 Å². The molecule has 1 heteroatoms. The van der Waals surface area contributed by atoms with Crippen LogP contribution in [-0.4, -0.2) is 4.98 Å². The highest BCUT2D eigenvalue weighted by Gasteiger charge is 2.04. The van der Waals surface area contributed by atoms with Gasteiger partial charge >= 0.3 is 0 Å². The lowest BCUT2D eigenvalue weighted by atomic mass is 9.99. The Kier molecular flexibility index (Phi) is 9.50. The van der Waals surface area contributed by atoms with E-state index in [0.29, 0.717) is 0 Å². The number of nitrogens with zero attached hydrogens (tertiary/aromatic N) is 1. The summed E-state index contributed by atoms with van der Waals surface area (Å²) in [6, 6.07) is 17.4. The Morgan fingerprint density at radius 3 is 1.86 bits per heavy atom. The summed E-state index contributed by atoms with van der Waals surface area (Å²) in [5.41, 5.74) is 3.69. The summed E-state index contributed by atoms with van der Waals surface area (Å²) in [5, 5.41) is 2.59. The molecule has 0 saturated heterocycles. The summed E-state index contributed by atoms with van der Waals surface area (Å²) in [6.07, 6.45) is 19.5. The van der Waals surface area contributed by atoms with E-state index < -0.39 is 0 Å². The molecule has 0 aliphatic rings. The van der Waals surface area contributed by atoms with Gasteiger partial charge in [0.1, 0.15) is 0 Å². The lowest BCUT2D eigenvalue weighted by molar-refractivity contribution is 0.539. The zero-order valence-corrected chi connectivity index (χ0v) is 18.5. The van der Waals surface area contributed by atoms with Gasteiger partial charge in [0, 0.05) is 10.8 Å². The molecule has 3 rings (SSSR count). The first kappa shape index (κ1) is 21.8. The van der Waals surface area contributed by atoms with Gasteiger partial charge in [-0.1, -0.05) is 114 Å². The van der Waals surface area contributed by atoms with Gasteiger partial charge in [-0.2, -0.15) is 0 Å². The Balaban J connectivity index is 1.32. The predicted octanol–water partition coefficient (Wildman–Crippen LogP) is 9.02. The topological polar surface area (TPSA) is 12.9 Å².